The zero-order valence-electron chi connectivity index (χ0n) is 9.87. The van der Waals surface area contributed by atoms with Crippen molar-refractivity contribution >= 4 is 40.7 Å². The third kappa shape index (κ3) is 2.89. The molecule has 1 aromatic carbocycles. The number of amides is 1. The fraction of sp³-hybridized carbons (Fsp3) is 0.154. The second kappa shape index (κ2) is 5.87. The molecule has 1 heterocycles. The molecule has 0 radical (unpaired) electrons. The Bertz CT molecular complexity index is 581. The van der Waals surface area contributed by atoms with Crippen molar-refractivity contribution in [2.45, 2.75) is 0 Å². The average molecular weight is 318 g/mol. The molecule has 6 heteroatoms. The number of hydrogen-bond acceptors (Lipinski definition) is 2. The molecule has 0 spiro atoms. The van der Waals surface area contributed by atoms with E-state index in [-0.39, 0.29) is 10.9 Å². The topological polar surface area (TPSA) is 46.3 Å². The Morgan fingerprint density at radius 1 is 1.32 bits per heavy atom. The smallest absolute Gasteiger partial charge is 0.261 e. The van der Waals surface area contributed by atoms with Gasteiger partial charge in [-0.1, -0.05) is 35.3 Å². The number of carbonyl (C=O) groups is 1. The number of allylic oxidation sites excluding steroid dienone is 2. The van der Waals surface area contributed by atoms with E-state index in [9.17, 15) is 4.79 Å². The predicted molar refractivity (Wildman–Crippen MR) is 78.6 cm³/mol. The second-order valence-electron chi connectivity index (χ2n) is 4.04. The number of rotatable bonds is 2. The standard InChI is InChI=1S/C13H11Cl3N2O/c14-6-8-4-5-11(17)18(7-8)13(19)9-2-1-3-10(15)12(9)16/h1-5H,6-7,17H2. The molecule has 1 aliphatic heterocycles. The summed E-state index contributed by atoms with van der Waals surface area (Å²) in [4.78, 5) is 13.9. The number of nitrogens with zero attached hydrogens (tertiary/aromatic N) is 1. The lowest BCUT2D eigenvalue weighted by molar-refractivity contribution is 0.0813. The molecule has 1 aromatic rings. The third-order valence-electron chi connectivity index (χ3n) is 2.76. The molecule has 1 aliphatic rings. The van der Waals surface area contributed by atoms with E-state index >= 15 is 0 Å². The van der Waals surface area contributed by atoms with Gasteiger partial charge in [0, 0.05) is 5.88 Å². The van der Waals surface area contributed by atoms with E-state index in [0.717, 1.165) is 5.57 Å². The van der Waals surface area contributed by atoms with Crippen LogP contribution in [-0.2, 0) is 0 Å². The van der Waals surface area contributed by atoms with Gasteiger partial charge in [0.05, 0.1) is 22.2 Å². The summed E-state index contributed by atoms with van der Waals surface area (Å²) >= 11 is 17.7. The zero-order valence-corrected chi connectivity index (χ0v) is 12.1. The molecular weight excluding hydrogens is 307 g/mol. The molecule has 0 atom stereocenters. The van der Waals surface area contributed by atoms with Crippen LogP contribution in [0.25, 0.3) is 0 Å². The van der Waals surface area contributed by atoms with Gasteiger partial charge >= 0.3 is 0 Å². The van der Waals surface area contributed by atoms with E-state index in [0.29, 0.717) is 28.8 Å². The van der Waals surface area contributed by atoms with Crippen molar-refractivity contribution < 1.29 is 4.79 Å². The van der Waals surface area contributed by atoms with Crippen LogP contribution in [0.2, 0.25) is 10.0 Å². The van der Waals surface area contributed by atoms with Gasteiger partial charge in [-0.05, 0) is 23.8 Å². The Hall–Kier alpha value is -1.16. The lowest BCUT2D eigenvalue weighted by Crippen LogP contribution is -2.37. The first-order valence-corrected chi connectivity index (χ1v) is 6.80. The van der Waals surface area contributed by atoms with Gasteiger partial charge in [-0.15, -0.1) is 11.6 Å². The van der Waals surface area contributed by atoms with E-state index in [4.69, 9.17) is 40.5 Å². The van der Waals surface area contributed by atoms with Crippen LogP contribution in [0, 0.1) is 0 Å². The van der Waals surface area contributed by atoms with E-state index in [1.807, 2.05) is 6.08 Å². The molecule has 2 N–H and O–H groups in total. The van der Waals surface area contributed by atoms with Gasteiger partial charge in [-0.3, -0.25) is 9.69 Å². The highest BCUT2D eigenvalue weighted by molar-refractivity contribution is 6.43. The Morgan fingerprint density at radius 2 is 2.05 bits per heavy atom. The van der Waals surface area contributed by atoms with Gasteiger partial charge in [0.15, 0.2) is 0 Å². The number of nitrogens with two attached hydrogens (primary N) is 1. The van der Waals surface area contributed by atoms with Crippen LogP contribution < -0.4 is 5.73 Å². The molecule has 0 fully saturated rings. The quantitative estimate of drug-likeness (QED) is 0.850. The van der Waals surface area contributed by atoms with Crippen molar-refractivity contribution in [2.24, 2.45) is 5.73 Å². The third-order valence-corrected chi connectivity index (χ3v) is 3.92. The first-order chi connectivity index (χ1) is 9.04. The first kappa shape index (κ1) is 14.3. The van der Waals surface area contributed by atoms with E-state index in [1.54, 1.807) is 24.3 Å². The van der Waals surface area contributed by atoms with Crippen molar-refractivity contribution in [1.82, 2.24) is 4.90 Å². The van der Waals surface area contributed by atoms with Gasteiger partial charge in [0.1, 0.15) is 5.82 Å². The fourth-order valence-corrected chi connectivity index (χ4v) is 2.29. The number of halogens is 3. The lowest BCUT2D eigenvalue weighted by atomic mass is 10.1. The highest BCUT2D eigenvalue weighted by Crippen LogP contribution is 2.27. The summed E-state index contributed by atoms with van der Waals surface area (Å²) in [5.74, 6) is 0.406. The Morgan fingerprint density at radius 3 is 2.74 bits per heavy atom. The summed E-state index contributed by atoms with van der Waals surface area (Å²) in [6, 6.07) is 4.91. The highest BCUT2D eigenvalue weighted by atomic mass is 35.5. The number of alkyl halides is 1. The summed E-state index contributed by atoms with van der Waals surface area (Å²) in [7, 11) is 0. The molecular formula is C13H11Cl3N2O. The van der Waals surface area contributed by atoms with Crippen molar-refractivity contribution in [2.75, 3.05) is 12.4 Å². The van der Waals surface area contributed by atoms with E-state index < -0.39 is 0 Å². The van der Waals surface area contributed by atoms with Gasteiger partial charge < -0.3 is 5.73 Å². The van der Waals surface area contributed by atoms with Gasteiger partial charge in [-0.25, -0.2) is 0 Å². The molecule has 0 aromatic heterocycles. The number of benzene rings is 1. The maximum Gasteiger partial charge on any atom is 0.261 e. The van der Waals surface area contributed by atoms with Crippen LogP contribution in [0.3, 0.4) is 0 Å². The summed E-state index contributed by atoms with van der Waals surface area (Å²) in [6.45, 7) is 0.355. The van der Waals surface area contributed by atoms with Crippen LogP contribution in [0.1, 0.15) is 10.4 Å². The monoisotopic (exact) mass is 316 g/mol. The molecule has 19 heavy (non-hydrogen) atoms. The van der Waals surface area contributed by atoms with Crippen molar-refractivity contribution in [1.29, 1.82) is 0 Å². The maximum absolute atomic E-state index is 12.4. The molecule has 0 bridgehead atoms. The van der Waals surface area contributed by atoms with Crippen molar-refractivity contribution in [3.8, 4) is 0 Å². The highest BCUT2D eigenvalue weighted by Gasteiger charge is 2.23. The van der Waals surface area contributed by atoms with E-state index in [2.05, 4.69) is 0 Å². The summed E-state index contributed by atoms with van der Waals surface area (Å²) in [6.07, 6.45) is 3.46. The molecule has 3 nitrogen and oxygen atoms in total. The zero-order chi connectivity index (χ0) is 14.0. The van der Waals surface area contributed by atoms with Crippen LogP contribution >= 0.6 is 34.8 Å². The van der Waals surface area contributed by atoms with Gasteiger partial charge in [0.2, 0.25) is 0 Å². The lowest BCUT2D eigenvalue weighted by Gasteiger charge is -2.26. The molecule has 100 valence electrons. The summed E-state index contributed by atoms with van der Waals surface area (Å²) in [5.41, 5.74) is 7.05. The summed E-state index contributed by atoms with van der Waals surface area (Å²) < 4.78 is 0. The minimum Gasteiger partial charge on any atom is -0.385 e. The summed E-state index contributed by atoms with van der Waals surface area (Å²) in [5, 5.41) is 0.559. The first-order valence-electron chi connectivity index (χ1n) is 5.51. The maximum atomic E-state index is 12.4. The molecule has 0 aliphatic carbocycles. The minimum absolute atomic E-state index is 0.226. The van der Waals surface area contributed by atoms with Crippen LogP contribution in [0.15, 0.2) is 41.7 Å². The van der Waals surface area contributed by atoms with Crippen LogP contribution in [0.4, 0.5) is 0 Å². The fourth-order valence-electron chi connectivity index (χ4n) is 1.73. The largest absolute Gasteiger partial charge is 0.385 e. The molecule has 0 saturated heterocycles. The Labute approximate surface area is 126 Å². The molecule has 0 unspecified atom stereocenters. The van der Waals surface area contributed by atoms with Crippen LogP contribution in [-0.4, -0.2) is 23.2 Å². The normalized spacial score (nSPS) is 15.0. The number of hydrogen-bond donors (Lipinski definition) is 1. The van der Waals surface area contributed by atoms with Gasteiger partial charge in [-0.2, -0.15) is 0 Å². The molecule has 1 amide bonds. The second-order valence-corrected chi connectivity index (χ2v) is 5.10. The predicted octanol–water partition coefficient (Wildman–Crippen LogP) is 3.41. The van der Waals surface area contributed by atoms with Crippen molar-refractivity contribution in [3.63, 3.8) is 0 Å². The SMILES string of the molecule is NC1=CC=C(CCl)CN1C(=O)c1cccc(Cl)c1Cl. The Balaban J connectivity index is 2.33. The van der Waals surface area contributed by atoms with Crippen molar-refractivity contribution in [3.05, 3.63) is 57.4 Å². The van der Waals surface area contributed by atoms with Gasteiger partial charge in [0.25, 0.3) is 5.91 Å². The average Bonchev–Trinajstić information content (AvgIpc) is 2.42. The minimum atomic E-state index is -0.294. The van der Waals surface area contributed by atoms with E-state index in [1.165, 1.54) is 4.90 Å². The Kier molecular flexibility index (Phi) is 4.40. The molecule has 2 rings (SSSR count). The van der Waals surface area contributed by atoms with Crippen LogP contribution in [0.5, 0.6) is 0 Å². The number of carbonyl (C=O) groups excluding carboxylic acids is 1. The molecule has 0 saturated carbocycles.